The van der Waals surface area contributed by atoms with Crippen LogP contribution >= 0.6 is 0 Å². The number of nitrogens with one attached hydrogen (secondary N) is 1. The second-order valence-corrected chi connectivity index (χ2v) is 6.85. The van der Waals surface area contributed by atoms with Gasteiger partial charge in [0.2, 0.25) is 0 Å². The van der Waals surface area contributed by atoms with Gasteiger partial charge < -0.3 is 15.3 Å². The van der Waals surface area contributed by atoms with E-state index in [1.54, 1.807) is 0 Å². The predicted octanol–water partition coefficient (Wildman–Crippen LogP) is 1.45. The van der Waals surface area contributed by atoms with Crippen LogP contribution in [0.15, 0.2) is 24.5 Å². The van der Waals surface area contributed by atoms with E-state index in [2.05, 4.69) is 34.4 Å². The molecular weight excluding hydrogens is 262 g/mol. The quantitative estimate of drug-likeness (QED) is 0.722. The smallest absolute Gasteiger partial charge is 0.0628 e. The third-order valence-corrected chi connectivity index (χ3v) is 4.79. The van der Waals surface area contributed by atoms with Crippen molar-refractivity contribution in [3.63, 3.8) is 0 Å². The van der Waals surface area contributed by atoms with E-state index in [-0.39, 0.29) is 12.1 Å². The molecule has 3 rings (SSSR count). The van der Waals surface area contributed by atoms with Gasteiger partial charge in [0.15, 0.2) is 0 Å². The minimum atomic E-state index is -0.0752. The van der Waals surface area contributed by atoms with Gasteiger partial charge in [-0.05, 0) is 62.8 Å². The lowest BCUT2D eigenvalue weighted by atomic mass is 9.93. The number of hydrogen-bond acceptors (Lipinski definition) is 4. The van der Waals surface area contributed by atoms with Gasteiger partial charge in [-0.25, -0.2) is 0 Å². The second-order valence-electron chi connectivity index (χ2n) is 6.85. The third-order valence-electron chi connectivity index (χ3n) is 4.79. The Morgan fingerprint density at radius 1 is 1.29 bits per heavy atom. The normalized spacial score (nSPS) is 21.5. The van der Waals surface area contributed by atoms with Gasteiger partial charge in [-0.3, -0.25) is 4.98 Å². The van der Waals surface area contributed by atoms with Crippen molar-refractivity contribution in [2.45, 2.75) is 43.7 Å². The molecule has 4 heteroatoms. The van der Waals surface area contributed by atoms with Gasteiger partial charge in [0.05, 0.1) is 12.1 Å². The van der Waals surface area contributed by atoms with E-state index in [1.807, 2.05) is 12.4 Å². The molecule has 4 nitrogen and oxygen atoms in total. The molecule has 1 unspecified atom stereocenters. The summed E-state index contributed by atoms with van der Waals surface area (Å²) in [5.74, 6) is 0.659. The van der Waals surface area contributed by atoms with Crippen LogP contribution < -0.4 is 5.32 Å². The highest BCUT2D eigenvalue weighted by molar-refractivity contribution is 5.10. The lowest BCUT2D eigenvalue weighted by molar-refractivity contribution is 0.0993. The Bertz CT molecular complexity index is 445. The molecule has 1 atom stereocenters. The van der Waals surface area contributed by atoms with Crippen molar-refractivity contribution in [2.75, 3.05) is 26.7 Å². The lowest BCUT2D eigenvalue weighted by Crippen LogP contribution is -2.58. The fraction of sp³-hybridized carbons (Fsp3) is 0.706. The van der Waals surface area contributed by atoms with Gasteiger partial charge >= 0.3 is 0 Å². The molecule has 1 aromatic heterocycles. The second kappa shape index (κ2) is 6.42. The maximum absolute atomic E-state index is 10.0. The fourth-order valence-corrected chi connectivity index (χ4v) is 3.22. The van der Waals surface area contributed by atoms with E-state index in [9.17, 15) is 5.11 Å². The van der Waals surface area contributed by atoms with Crippen molar-refractivity contribution in [3.05, 3.63) is 30.1 Å². The first-order valence-corrected chi connectivity index (χ1v) is 8.18. The van der Waals surface area contributed by atoms with Crippen molar-refractivity contribution in [1.82, 2.24) is 15.2 Å². The summed E-state index contributed by atoms with van der Waals surface area (Å²) in [4.78, 5) is 6.42. The molecule has 2 aliphatic carbocycles. The minimum Gasteiger partial charge on any atom is -0.394 e. The minimum absolute atomic E-state index is 0.0752. The highest BCUT2D eigenvalue weighted by Crippen LogP contribution is 2.41. The standard InChI is InChI=1S/C17H27N3O/c1-20(11-8-14-6-9-18-10-7-14)12-17(13-21,15-2-3-15)19-16-4-5-16/h6-7,9-10,15-16,19,21H,2-5,8,11-13H2,1H3. The summed E-state index contributed by atoms with van der Waals surface area (Å²) in [5.41, 5.74) is 1.25. The number of aliphatic hydroxyl groups is 1. The molecule has 0 bridgehead atoms. The highest BCUT2D eigenvalue weighted by Gasteiger charge is 2.47. The molecule has 1 heterocycles. The number of nitrogens with zero attached hydrogens (tertiary/aromatic N) is 2. The molecule has 1 aromatic rings. The Labute approximate surface area is 127 Å². The average Bonchev–Trinajstić information content (AvgIpc) is 3.38. The molecule has 0 radical (unpaired) electrons. The SMILES string of the molecule is CN(CCc1ccncc1)CC(CO)(NC1CC1)C1CC1. The first-order chi connectivity index (χ1) is 10.2. The van der Waals surface area contributed by atoms with E-state index < -0.39 is 0 Å². The Hall–Kier alpha value is -0.970. The molecule has 2 N–H and O–H groups in total. The molecule has 0 aliphatic heterocycles. The molecule has 0 saturated heterocycles. The predicted molar refractivity (Wildman–Crippen MR) is 84.1 cm³/mol. The lowest BCUT2D eigenvalue weighted by Gasteiger charge is -2.37. The van der Waals surface area contributed by atoms with Gasteiger partial charge in [0.1, 0.15) is 0 Å². The van der Waals surface area contributed by atoms with Gasteiger partial charge in [-0.2, -0.15) is 0 Å². The van der Waals surface area contributed by atoms with Gasteiger partial charge in [-0.15, -0.1) is 0 Å². The molecule has 0 aromatic carbocycles. The number of hydrogen-bond donors (Lipinski definition) is 2. The van der Waals surface area contributed by atoms with Gasteiger partial charge in [0, 0.05) is 31.5 Å². The van der Waals surface area contributed by atoms with Crippen molar-refractivity contribution >= 4 is 0 Å². The highest BCUT2D eigenvalue weighted by atomic mass is 16.3. The van der Waals surface area contributed by atoms with Crippen molar-refractivity contribution in [2.24, 2.45) is 5.92 Å². The molecule has 0 amide bonds. The van der Waals surface area contributed by atoms with Crippen LogP contribution in [0.5, 0.6) is 0 Å². The van der Waals surface area contributed by atoms with Crippen molar-refractivity contribution < 1.29 is 5.11 Å². The van der Waals surface area contributed by atoms with Crippen LogP contribution in [-0.4, -0.2) is 53.3 Å². The molecule has 0 spiro atoms. The van der Waals surface area contributed by atoms with E-state index in [1.165, 1.54) is 31.2 Å². The molecule has 2 aliphatic rings. The molecule has 2 fully saturated rings. The summed E-state index contributed by atoms with van der Waals surface area (Å²) >= 11 is 0. The zero-order valence-corrected chi connectivity index (χ0v) is 13.0. The van der Waals surface area contributed by atoms with Crippen LogP contribution in [0.2, 0.25) is 0 Å². The molecule has 116 valence electrons. The largest absolute Gasteiger partial charge is 0.394 e. The van der Waals surface area contributed by atoms with Crippen LogP contribution in [0.1, 0.15) is 31.2 Å². The summed E-state index contributed by atoms with van der Waals surface area (Å²) in [6.07, 6.45) is 9.81. The number of aromatic nitrogens is 1. The van der Waals surface area contributed by atoms with E-state index in [4.69, 9.17) is 0 Å². The van der Waals surface area contributed by atoms with E-state index >= 15 is 0 Å². The number of aliphatic hydroxyl groups excluding tert-OH is 1. The maximum Gasteiger partial charge on any atom is 0.0628 e. The van der Waals surface area contributed by atoms with E-state index in [0.717, 1.165) is 19.5 Å². The first kappa shape index (κ1) is 14.9. The fourth-order valence-electron chi connectivity index (χ4n) is 3.22. The molecule has 21 heavy (non-hydrogen) atoms. The number of pyridine rings is 1. The Morgan fingerprint density at radius 3 is 2.57 bits per heavy atom. The van der Waals surface area contributed by atoms with Crippen molar-refractivity contribution in [3.8, 4) is 0 Å². The maximum atomic E-state index is 10.0. The van der Waals surface area contributed by atoms with Crippen LogP contribution in [-0.2, 0) is 6.42 Å². The zero-order chi connectivity index (χ0) is 14.7. The van der Waals surface area contributed by atoms with Gasteiger partial charge in [0.25, 0.3) is 0 Å². The van der Waals surface area contributed by atoms with Crippen LogP contribution in [0.4, 0.5) is 0 Å². The van der Waals surface area contributed by atoms with E-state index in [0.29, 0.717) is 12.0 Å². The Kier molecular flexibility index (Phi) is 4.57. The number of likely N-dealkylation sites (N-methyl/N-ethyl adjacent to an activating group) is 1. The summed E-state index contributed by atoms with van der Waals surface area (Å²) in [5, 5.41) is 13.7. The molecular formula is C17H27N3O. The third kappa shape index (κ3) is 4.02. The monoisotopic (exact) mass is 289 g/mol. The summed E-state index contributed by atoms with van der Waals surface area (Å²) in [6.45, 7) is 2.22. The van der Waals surface area contributed by atoms with Crippen LogP contribution in [0.3, 0.4) is 0 Å². The average molecular weight is 289 g/mol. The zero-order valence-electron chi connectivity index (χ0n) is 13.0. The van der Waals surface area contributed by atoms with Crippen molar-refractivity contribution in [1.29, 1.82) is 0 Å². The summed E-state index contributed by atoms with van der Waals surface area (Å²) in [6, 6.07) is 4.80. The summed E-state index contributed by atoms with van der Waals surface area (Å²) < 4.78 is 0. The first-order valence-electron chi connectivity index (χ1n) is 8.18. The summed E-state index contributed by atoms with van der Waals surface area (Å²) in [7, 11) is 2.17. The van der Waals surface area contributed by atoms with Gasteiger partial charge in [-0.1, -0.05) is 0 Å². The van der Waals surface area contributed by atoms with Crippen LogP contribution in [0, 0.1) is 5.92 Å². The Balaban J connectivity index is 1.54. The van der Waals surface area contributed by atoms with Crippen LogP contribution in [0.25, 0.3) is 0 Å². The number of rotatable bonds is 9. The Morgan fingerprint density at radius 2 is 2.00 bits per heavy atom. The molecule has 2 saturated carbocycles. The topological polar surface area (TPSA) is 48.4 Å².